The molecule has 0 aliphatic carbocycles. The molecule has 0 saturated carbocycles. The van der Waals surface area contributed by atoms with Crippen LogP contribution in [0.5, 0.6) is 0 Å². The number of ether oxygens (including phenoxy) is 1. The Morgan fingerprint density at radius 1 is 1.53 bits per heavy atom. The number of carbonyl (C=O) groups is 1. The van der Waals surface area contributed by atoms with Crippen molar-refractivity contribution in [2.24, 2.45) is 5.90 Å². The summed E-state index contributed by atoms with van der Waals surface area (Å²) < 4.78 is 4.80. The van der Waals surface area contributed by atoms with Gasteiger partial charge in [0.05, 0.1) is 6.61 Å². The molecule has 0 radical (unpaired) electrons. The fraction of sp³-hybridized carbons (Fsp3) is 0.875. The van der Waals surface area contributed by atoms with Gasteiger partial charge in [-0.05, 0) is 0 Å². The molecule has 0 aromatic carbocycles. The fourth-order valence-electron chi connectivity index (χ4n) is 1.63. The molecule has 100 valence electrons. The summed E-state index contributed by atoms with van der Waals surface area (Å²) in [4.78, 5) is 15.1. The van der Waals surface area contributed by atoms with Crippen molar-refractivity contribution in [3.05, 3.63) is 0 Å². The number of hydrogen-bond donors (Lipinski definition) is 6. The van der Waals surface area contributed by atoms with Gasteiger partial charge in [0, 0.05) is 6.92 Å². The number of nitrogens with one attached hydrogen (secondary N) is 1. The summed E-state index contributed by atoms with van der Waals surface area (Å²) in [5, 5.41) is 40.1. The van der Waals surface area contributed by atoms with Gasteiger partial charge in [0.25, 0.3) is 0 Å². The molecule has 1 aliphatic rings. The van der Waals surface area contributed by atoms with Crippen molar-refractivity contribution in [1.29, 1.82) is 0 Å². The highest BCUT2D eigenvalue weighted by Crippen LogP contribution is 2.28. The van der Waals surface area contributed by atoms with Gasteiger partial charge in [-0.3, -0.25) is 4.79 Å². The van der Waals surface area contributed by atoms with E-state index in [4.69, 9.17) is 15.7 Å². The van der Waals surface area contributed by atoms with Crippen LogP contribution in [-0.4, -0.2) is 63.3 Å². The number of nitrogens with two attached hydrogens (primary N) is 1. The molecule has 0 aromatic rings. The number of amides is 1. The van der Waals surface area contributed by atoms with Crippen LogP contribution in [0.25, 0.3) is 0 Å². The molecule has 1 rings (SSSR count). The minimum absolute atomic E-state index is 0.595. The van der Waals surface area contributed by atoms with Gasteiger partial charge in [0.2, 0.25) is 5.91 Å². The summed E-state index contributed by atoms with van der Waals surface area (Å²) in [5.41, 5.74) is 0. The van der Waals surface area contributed by atoms with E-state index in [1.54, 1.807) is 0 Å². The van der Waals surface area contributed by atoms with Gasteiger partial charge in [-0.15, -0.1) is 0 Å². The number of hydrogen-bond acceptors (Lipinski definition) is 8. The number of carbonyl (C=O) groups excluding carboxylic acids is 1. The molecule has 0 aromatic heterocycles. The molecular formula is C8H16N2O7. The van der Waals surface area contributed by atoms with Crippen LogP contribution in [0.1, 0.15) is 6.92 Å². The van der Waals surface area contributed by atoms with Crippen molar-refractivity contribution < 1.29 is 34.8 Å². The van der Waals surface area contributed by atoms with E-state index in [2.05, 4.69) is 10.2 Å². The Morgan fingerprint density at radius 3 is 2.53 bits per heavy atom. The standard InChI is InChI=1S/C8H16N2O7/c1-3(12)10-7-6(14)5(13)4(2-11)16-8(7,15)17-9/h4-7,11,13-15H,2,9H2,1H3,(H,10,12)/t4-,5+,6+,7-,8?/m1/s1. The van der Waals surface area contributed by atoms with Crippen molar-refractivity contribution in [2.45, 2.75) is 37.3 Å². The minimum Gasteiger partial charge on any atom is -0.394 e. The Balaban J connectivity index is 2.95. The minimum atomic E-state index is -2.53. The Labute approximate surface area is 96.7 Å². The first-order valence-corrected chi connectivity index (χ1v) is 4.88. The second kappa shape index (κ2) is 5.23. The first-order chi connectivity index (χ1) is 7.85. The molecule has 1 heterocycles. The van der Waals surface area contributed by atoms with Crippen molar-refractivity contribution in [3.63, 3.8) is 0 Å². The lowest BCUT2D eigenvalue weighted by Gasteiger charge is -2.45. The summed E-state index contributed by atoms with van der Waals surface area (Å²) in [7, 11) is 0. The predicted octanol–water partition coefficient (Wildman–Crippen LogP) is -3.86. The maximum atomic E-state index is 10.9. The molecule has 1 saturated heterocycles. The van der Waals surface area contributed by atoms with Gasteiger partial charge < -0.3 is 30.5 Å². The zero-order chi connectivity index (χ0) is 13.2. The molecular weight excluding hydrogens is 236 g/mol. The Bertz CT molecular complexity index is 289. The highest BCUT2D eigenvalue weighted by molar-refractivity contribution is 5.73. The number of aliphatic hydroxyl groups excluding tert-OH is 3. The van der Waals surface area contributed by atoms with Crippen LogP contribution in [0.15, 0.2) is 0 Å². The van der Waals surface area contributed by atoms with Crippen LogP contribution in [0.2, 0.25) is 0 Å². The van der Waals surface area contributed by atoms with E-state index in [-0.39, 0.29) is 0 Å². The van der Waals surface area contributed by atoms with Gasteiger partial charge >= 0.3 is 5.97 Å². The molecule has 1 amide bonds. The van der Waals surface area contributed by atoms with E-state index < -0.39 is 42.8 Å². The van der Waals surface area contributed by atoms with Crippen LogP contribution in [0.3, 0.4) is 0 Å². The smallest absolute Gasteiger partial charge is 0.320 e. The van der Waals surface area contributed by atoms with Gasteiger partial charge in [-0.25, -0.2) is 10.7 Å². The third-order valence-corrected chi connectivity index (χ3v) is 2.49. The largest absolute Gasteiger partial charge is 0.394 e. The first-order valence-electron chi connectivity index (χ1n) is 4.88. The Hall–Kier alpha value is -0.810. The highest BCUT2D eigenvalue weighted by Gasteiger charge is 2.55. The normalized spacial score (nSPS) is 42.2. The van der Waals surface area contributed by atoms with Crippen LogP contribution >= 0.6 is 0 Å². The summed E-state index contributed by atoms with van der Waals surface area (Å²) >= 11 is 0. The maximum Gasteiger partial charge on any atom is 0.320 e. The molecule has 17 heavy (non-hydrogen) atoms. The zero-order valence-corrected chi connectivity index (χ0v) is 9.11. The quantitative estimate of drug-likeness (QED) is 0.220. The molecule has 1 aliphatic heterocycles. The lowest BCUT2D eigenvalue weighted by molar-refractivity contribution is -0.427. The zero-order valence-electron chi connectivity index (χ0n) is 9.11. The van der Waals surface area contributed by atoms with Crippen molar-refractivity contribution >= 4 is 5.91 Å². The van der Waals surface area contributed by atoms with E-state index in [0.717, 1.165) is 6.92 Å². The maximum absolute atomic E-state index is 10.9. The fourth-order valence-corrected chi connectivity index (χ4v) is 1.63. The van der Waals surface area contributed by atoms with E-state index in [1.165, 1.54) is 0 Å². The second-order valence-corrected chi connectivity index (χ2v) is 3.75. The average molecular weight is 252 g/mol. The SMILES string of the molecule is CC(=O)N[C@@H]1[C@@H](O)[C@@H](O)[C@@H](CO)OC1(O)ON. The van der Waals surface area contributed by atoms with Crippen LogP contribution in [-0.2, 0) is 14.4 Å². The summed E-state index contributed by atoms with van der Waals surface area (Å²) in [6.45, 7) is 0.463. The van der Waals surface area contributed by atoms with E-state index >= 15 is 0 Å². The summed E-state index contributed by atoms with van der Waals surface area (Å²) in [6.07, 6.45) is -4.41. The third kappa shape index (κ3) is 2.72. The van der Waals surface area contributed by atoms with Crippen LogP contribution in [0, 0.1) is 0 Å². The second-order valence-electron chi connectivity index (χ2n) is 3.75. The van der Waals surface area contributed by atoms with Gasteiger partial charge in [-0.1, -0.05) is 0 Å². The predicted molar refractivity (Wildman–Crippen MR) is 51.8 cm³/mol. The molecule has 7 N–H and O–H groups in total. The monoisotopic (exact) mass is 252 g/mol. The molecule has 0 spiro atoms. The van der Waals surface area contributed by atoms with Crippen molar-refractivity contribution in [3.8, 4) is 0 Å². The van der Waals surface area contributed by atoms with E-state index in [1.807, 2.05) is 0 Å². The van der Waals surface area contributed by atoms with E-state index in [0.29, 0.717) is 0 Å². The number of rotatable bonds is 3. The lowest BCUT2D eigenvalue weighted by Crippen LogP contribution is -2.71. The average Bonchev–Trinajstić information content (AvgIpc) is 2.29. The molecule has 1 unspecified atom stereocenters. The van der Waals surface area contributed by atoms with Crippen molar-refractivity contribution in [1.82, 2.24) is 5.32 Å². The van der Waals surface area contributed by atoms with E-state index in [9.17, 15) is 20.1 Å². The molecule has 9 heteroatoms. The lowest BCUT2D eigenvalue weighted by atomic mass is 9.95. The first kappa shape index (κ1) is 14.3. The summed E-state index contributed by atoms with van der Waals surface area (Å²) in [5.74, 6) is 1.70. The van der Waals surface area contributed by atoms with Gasteiger partial charge in [0.1, 0.15) is 24.4 Å². The Kier molecular flexibility index (Phi) is 4.38. The van der Waals surface area contributed by atoms with Gasteiger partial charge in [-0.2, -0.15) is 0 Å². The van der Waals surface area contributed by atoms with Crippen LogP contribution < -0.4 is 11.2 Å². The van der Waals surface area contributed by atoms with Gasteiger partial charge in [0.15, 0.2) is 0 Å². The van der Waals surface area contributed by atoms with Crippen LogP contribution in [0.4, 0.5) is 0 Å². The third-order valence-electron chi connectivity index (χ3n) is 2.49. The highest BCUT2D eigenvalue weighted by atomic mass is 16.9. The Morgan fingerprint density at radius 2 is 2.12 bits per heavy atom. The summed E-state index contributed by atoms with van der Waals surface area (Å²) in [6, 6.07) is -1.48. The molecule has 1 fully saturated rings. The molecule has 5 atom stereocenters. The van der Waals surface area contributed by atoms with Crippen molar-refractivity contribution in [2.75, 3.05) is 6.61 Å². The topological polar surface area (TPSA) is 155 Å². The number of aliphatic hydroxyl groups is 4. The molecule has 0 bridgehead atoms. The molecule has 9 nitrogen and oxygen atoms in total.